The first-order chi connectivity index (χ1) is 7.43. The SMILES string of the molecule is CCc1[nH]c2ccc(C(F)(F)F)cc2c1C. The zero-order valence-corrected chi connectivity index (χ0v) is 9.07. The Morgan fingerprint density at radius 3 is 2.50 bits per heavy atom. The van der Waals surface area contributed by atoms with Crippen LogP contribution in [0, 0.1) is 6.92 Å². The lowest BCUT2D eigenvalue weighted by Crippen LogP contribution is -2.04. The molecule has 16 heavy (non-hydrogen) atoms. The summed E-state index contributed by atoms with van der Waals surface area (Å²) < 4.78 is 37.6. The van der Waals surface area contributed by atoms with E-state index >= 15 is 0 Å². The lowest BCUT2D eigenvalue weighted by Gasteiger charge is -2.06. The van der Waals surface area contributed by atoms with Crippen LogP contribution in [0.15, 0.2) is 18.2 Å². The molecular formula is C12H12F3N. The van der Waals surface area contributed by atoms with Crippen molar-refractivity contribution in [2.24, 2.45) is 0 Å². The number of rotatable bonds is 1. The Kier molecular flexibility index (Phi) is 2.45. The zero-order chi connectivity index (χ0) is 11.9. The Balaban J connectivity index is 2.66. The molecular weight excluding hydrogens is 215 g/mol. The number of aromatic amines is 1. The highest BCUT2D eigenvalue weighted by atomic mass is 19.4. The van der Waals surface area contributed by atoms with Gasteiger partial charge in [-0.2, -0.15) is 13.2 Å². The van der Waals surface area contributed by atoms with Gasteiger partial charge in [-0.15, -0.1) is 0 Å². The van der Waals surface area contributed by atoms with Gasteiger partial charge in [-0.1, -0.05) is 6.92 Å². The first kappa shape index (κ1) is 11.0. The Morgan fingerprint density at radius 2 is 1.94 bits per heavy atom. The number of benzene rings is 1. The summed E-state index contributed by atoms with van der Waals surface area (Å²) in [5.74, 6) is 0. The Bertz CT molecular complexity index is 523. The van der Waals surface area contributed by atoms with Crippen molar-refractivity contribution in [3.63, 3.8) is 0 Å². The van der Waals surface area contributed by atoms with Crippen LogP contribution in [0.25, 0.3) is 10.9 Å². The number of alkyl halides is 3. The van der Waals surface area contributed by atoms with E-state index in [0.717, 1.165) is 29.3 Å². The molecule has 0 fully saturated rings. The predicted molar refractivity (Wildman–Crippen MR) is 57.4 cm³/mol. The highest BCUT2D eigenvalue weighted by molar-refractivity contribution is 5.85. The second kappa shape index (κ2) is 3.54. The average molecular weight is 227 g/mol. The quantitative estimate of drug-likeness (QED) is 0.756. The Morgan fingerprint density at radius 1 is 1.25 bits per heavy atom. The van der Waals surface area contributed by atoms with Crippen molar-refractivity contribution in [3.8, 4) is 0 Å². The molecule has 0 aliphatic carbocycles. The minimum atomic E-state index is -4.27. The zero-order valence-electron chi connectivity index (χ0n) is 9.07. The third kappa shape index (κ3) is 1.68. The van der Waals surface area contributed by atoms with Gasteiger partial charge in [-0.3, -0.25) is 0 Å². The van der Waals surface area contributed by atoms with Crippen LogP contribution < -0.4 is 0 Å². The molecule has 0 bridgehead atoms. The van der Waals surface area contributed by atoms with E-state index in [2.05, 4.69) is 4.98 Å². The standard InChI is InChI=1S/C12H12F3N/c1-3-10-7(2)9-6-8(12(13,14)15)4-5-11(9)16-10/h4-6,16H,3H2,1-2H3. The smallest absolute Gasteiger partial charge is 0.358 e. The molecule has 4 heteroatoms. The van der Waals surface area contributed by atoms with Crippen molar-refractivity contribution >= 4 is 10.9 Å². The summed E-state index contributed by atoms with van der Waals surface area (Å²) in [5, 5.41) is 0.659. The lowest BCUT2D eigenvalue weighted by molar-refractivity contribution is -0.137. The molecule has 0 spiro atoms. The molecule has 2 aromatic rings. The van der Waals surface area contributed by atoms with Crippen LogP contribution in [-0.2, 0) is 12.6 Å². The fourth-order valence-corrected chi connectivity index (χ4v) is 1.91. The monoisotopic (exact) mass is 227 g/mol. The summed E-state index contributed by atoms with van der Waals surface area (Å²) in [6.45, 7) is 3.82. The number of nitrogens with one attached hydrogen (secondary N) is 1. The van der Waals surface area contributed by atoms with Gasteiger partial charge in [-0.05, 0) is 37.1 Å². The number of aryl methyl sites for hydroxylation is 2. The van der Waals surface area contributed by atoms with E-state index in [1.807, 2.05) is 13.8 Å². The maximum Gasteiger partial charge on any atom is 0.416 e. The van der Waals surface area contributed by atoms with Crippen molar-refractivity contribution < 1.29 is 13.2 Å². The second-order valence-electron chi connectivity index (χ2n) is 3.84. The van der Waals surface area contributed by atoms with Crippen molar-refractivity contribution in [2.75, 3.05) is 0 Å². The molecule has 1 aromatic carbocycles. The third-order valence-corrected chi connectivity index (χ3v) is 2.84. The highest BCUT2D eigenvalue weighted by Gasteiger charge is 2.30. The van der Waals surface area contributed by atoms with E-state index in [1.54, 1.807) is 0 Å². The molecule has 0 amide bonds. The maximum absolute atomic E-state index is 12.5. The summed E-state index contributed by atoms with van der Waals surface area (Å²) in [6, 6.07) is 3.81. The van der Waals surface area contributed by atoms with Gasteiger partial charge >= 0.3 is 6.18 Å². The number of hydrogen-bond donors (Lipinski definition) is 1. The van der Waals surface area contributed by atoms with Crippen LogP contribution in [0.1, 0.15) is 23.7 Å². The minimum Gasteiger partial charge on any atom is -0.358 e. The summed E-state index contributed by atoms with van der Waals surface area (Å²) in [7, 11) is 0. The molecule has 0 saturated carbocycles. The molecule has 1 aromatic heterocycles. The van der Waals surface area contributed by atoms with Gasteiger partial charge in [0.1, 0.15) is 0 Å². The first-order valence-electron chi connectivity index (χ1n) is 5.12. The van der Waals surface area contributed by atoms with Gasteiger partial charge in [0.2, 0.25) is 0 Å². The molecule has 1 N–H and O–H groups in total. The molecule has 0 aliphatic rings. The molecule has 86 valence electrons. The molecule has 0 atom stereocenters. The third-order valence-electron chi connectivity index (χ3n) is 2.84. The van der Waals surface area contributed by atoms with Gasteiger partial charge in [0, 0.05) is 16.6 Å². The molecule has 0 unspecified atom stereocenters. The Labute approximate surface area is 91.3 Å². The molecule has 0 radical (unpaired) electrons. The van der Waals surface area contributed by atoms with Gasteiger partial charge in [-0.25, -0.2) is 0 Å². The van der Waals surface area contributed by atoms with Gasteiger partial charge < -0.3 is 4.98 Å². The van der Waals surface area contributed by atoms with Crippen LogP contribution in [-0.4, -0.2) is 4.98 Å². The van der Waals surface area contributed by atoms with E-state index in [1.165, 1.54) is 12.1 Å². The van der Waals surface area contributed by atoms with Gasteiger partial charge in [0.15, 0.2) is 0 Å². The van der Waals surface area contributed by atoms with E-state index in [9.17, 15) is 13.2 Å². The summed E-state index contributed by atoms with van der Waals surface area (Å²) in [5.41, 5.74) is 2.07. The summed E-state index contributed by atoms with van der Waals surface area (Å²) in [6.07, 6.45) is -3.48. The number of aromatic nitrogens is 1. The van der Waals surface area contributed by atoms with Crippen molar-refractivity contribution in [2.45, 2.75) is 26.4 Å². The van der Waals surface area contributed by atoms with Crippen LogP contribution in [0.4, 0.5) is 13.2 Å². The lowest BCUT2D eigenvalue weighted by atomic mass is 10.1. The van der Waals surface area contributed by atoms with Crippen LogP contribution in [0.5, 0.6) is 0 Å². The summed E-state index contributed by atoms with van der Waals surface area (Å²) >= 11 is 0. The molecule has 0 aliphatic heterocycles. The van der Waals surface area contributed by atoms with Crippen molar-refractivity contribution in [1.29, 1.82) is 0 Å². The fourth-order valence-electron chi connectivity index (χ4n) is 1.91. The molecule has 1 heterocycles. The largest absolute Gasteiger partial charge is 0.416 e. The molecule has 1 nitrogen and oxygen atoms in total. The van der Waals surface area contributed by atoms with Gasteiger partial charge in [0.25, 0.3) is 0 Å². The number of halogens is 3. The van der Waals surface area contributed by atoms with E-state index < -0.39 is 11.7 Å². The van der Waals surface area contributed by atoms with Crippen LogP contribution in [0.2, 0.25) is 0 Å². The van der Waals surface area contributed by atoms with Crippen molar-refractivity contribution in [1.82, 2.24) is 4.98 Å². The van der Waals surface area contributed by atoms with E-state index in [0.29, 0.717) is 5.39 Å². The van der Waals surface area contributed by atoms with E-state index in [-0.39, 0.29) is 0 Å². The maximum atomic E-state index is 12.5. The average Bonchev–Trinajstić information content (AvgIpc) is 2.54. The predicted octanol–water partition coefficient (Wildman–Crippen LogP) is 4.06. The van der Waals surface area contributed by atoms with Crippen molar-refractivity contribution in [3.05, 3.63) is 35.0 Å². The number of H-pyrrole nitrogens is 1. The van der Waals surface area contributed by atoms with Gasteiger partial charge in [0.05, 0.1) is 5.56 Å². The number of fused-ring (bicyclic) bond motifs is 1. The topological polar surface area (TPSA) is 15.8 Å². The molecule has 2 rings (SSSR count). The van der Waals surface area contributed by atoms with Crippen LogP contribution >= 0.6 is 0 Å². The fraction of sp³-hybridized carbons (Fsp3) is 0.333. The molecule has 0 saturated heterocycles. The number of hydrogen-bond acceptors (Lipinski definition) is 0. The minimum absolute atomic E-state index is 0.593. The highest BCUT2D eigenvalue weighted by Crippen LogP contribution is 2.32. The second-order valence-corrected chi connectivity index (χ2v) is 3.84. The van der Waals surface area contributed by atoms with Crippen LogP contribution in [0.3, 0.4) is 0 Å². The summed E-state index contributed by atoms with van der Waals surface area (Å²) in [4.78, 5) is 3.12. The van der Waals surface area contributed by atoms with E-state index in [4.69, 9.17) is 0 Å². The first-order valence-corrected chi connectivity index (χ1v) is 5.12. The normalized spacial score (nSPS) is 12.3. The Hall–Kier alpha value is -1.45.